The molecule has 2 aliphatic rings. The monoisotopic (exact) mass is 452 g/mol. The summed E-state index contributed by atoms with van der Waals surface area (Å²) in [5, 5.41) is 7.87. The van der Waals surface area contributed by atoms with Crippen molar-refractivity contribution >= 4 is 23.2 Å². The summed E-state index contributed by atoms with van der Waals surface area (Å²) in [5.74, 6) is 2.09. The highest BCUT2D eigenvalue weighted by molar-refractivity contribution is 6.30. The molecule has 2 amide bonds. The van der Waals surface area contributed by atoms with E-state index in [1.165, 1.54) is 0 Å². The molecule has 1 N–H and O–H groups in total. The Morgan fingerprint density at radius 1 is 1.16 bits per heavy atom. The van der Waals surface area contributed by atoms with E-state index in [0.717, 1.165) is 28.8 Å². The largest absolute Gasteiger partial charge is 0.454 e. The van der Waals surface area contributed by atoms with Gasteiger partial charge in [0.25, 0.3) is 5.89 Å². The van der Waals surface area contributed by atoms with E-state index in [9.17, 15) is 4.79 Å². The van der Waals surface area contributed by atoms with Gasteiger partial charge in [0.2, 0.25) is 12.6 Å². The molecule has 0 aliphatic carbocycles. The number of nitrogens with zero attached hydrogens (tertiary/aromatic N) is 3. The number of nitrogens with one attached hydrogen (secondary N) is 1. The van der Waals surface area contributed by atoms with Crippen molar-refractivity contribution < 1.29 is 18.8 Å². The van der Waals surface area contributed by atoms with Gasteiger partial charge in [-0.05, 0) is 49.2 Å². The third-order valence-electron chi connectivity index (χ3n) is 5.53. The Balaban J connectivity index is 1.57. The van der Waals surface area contributed by atoms with Gasteiger partial charge in [-0.2, -0.15) is 4.98 Å². The van der Waals surface area contributed by atoms with Crippen LogP contribution in [0.2, 0.25) is 5.02 Å². The van der Waals surface area contributed by atoms with E-state index in [1.54, 1.807) is 17.0 Å². The Kier molecular flexibility index (Phi) is 5.22. The Morgan fingerprint density at radius 2 is 1.94 bits per heavy atom. The van der Waals surface area contributed by atoms with Gasteiger partial charge >= 0.3 is 6.03 Å². The SMILES string of the molecule is CCCN1C(=O)NC(c2ccc(Cl)cc2)C(c2nc(-c3ccc4c(c3)OCO4)no2)=C1C. The molecule has 2 aromatic carbocycles. The molecule has 1 aromatic heterocycles. The van der Waals surface area contributed by atoms with Crippen LogP contribution in [0.3, 0.4) is 0 Å². The molecule has 8 nitrogen and oxygen atoms in total. The highest BCUT2D eigenvalue weighted by Gasteiger charge is 2.35. The molecule has 1 unspecified atom stereocenters. The van der Waals surface area contributed by atoms with Crippen LogP contribution in [0.5, 0.6) is 11.5 Å². The molecule has 0 spiro atoms. The van der Waals surface area contributed by atoms with Gasteiger partial charge in [-0.15, -0.1) is 0 Å². The summed E-state index contributed by atoms with van der Waals surface area (Å²) >= 11 is 6.07. The number of fused-ring (bicyclic) bond motifs is 1. The average Bonchev–Trinajstić information content (AvgIpc) is 3.46. The minimum Gasteiger partial charge on any atom is -0.454 e. The van der Waals surface area contributed by atoms with Crippen molar-refractivity contribution in [3.05, 3.63) is 64.6 Å². The summed E-state index contributed by atoms with van der Waals surface area (Å²) in [6.07, 6.45) is 0.815. The van der Waals surface area contributed by atoms with E-state index in [4.69, 9.17) is 25.6 Å². The smallest absolute Gasteiger partial charge is 0.322 e. The number of carbonyl (C=O) groups excluding carboxylic acids is 1. The van der Waals surface area contributed by atoms with Crippen molar-refractivity contribution in [3.63, 3.8) is 0 Å². The molecule has 3 aromatic rings. The molecule has 32 heavy (non-hydrogen) atoms. The summed E-state index contributed by atoms with van der Waals surface area (Å²) < 4.78 is 16.5. The zero-order valence-corrected chi connectivity index (χ0v) is 18.3. The molecule has 0 fully saturated rings. The number of aromatic nitrogens is 2. The lowest BCUT2D eigenvalue weighted by Gasteiger charge is -2.35. The third kappa shape index (κ3) is 3.56. The topological polar surface area (TPSA) is 89.7 Å². The van der Waals surface area contributed by atoms with Gasteiger partial charge < -0.3 is 19.3 Å². The fraction of sp³-hybridized carbons (Fsp3) is 0.261. The van der Waals surface area contributed by atoms with Crippen molar-refractivity contribution in [3.8, 4) is 22.9 Å². The van der Waals surface area contributed by atoms with E-state index in [-0.39, 0.29) is 12.8 Å². The Bertz CT molecular complexity index is 1200. The number of urea groups is 1. The van der Waals surface area contributed by atoms with Crippen LogP contribution in [0, 0.1) is 0 Å². The second-order valence-corrected chi connectivity index (χ2v) is 8.01. The fourth-order valence-corrected chi connectivity index (χ4v) is 4.07. The zero-order chi connectivity index (χ0) is 22.2. The highest BCUT2D eigenvalue weighted by Crippen LogP contribution is 2.39. The van der Waals surface area contributed by atoms with Crippen molar-refractivity contribution in [2.45, 2.75) is 26.3 Å². The van der Waals surface area contributed by atoms with Crippen LogP contribution in [0.15, 0.2) is 52.7 Å². The van der Waals surface area contributed by atoms with Crippen LogP contribution < -0.4 is 14.8 Å². The number of rotatable bonds is 5. The van der Waals surface area contributed by atoms with Gasteiger partial charge in [-0.3, -0.25) is 4.90 Å². The molecule has 0 bridgehead atoms. The standard InChI is InChI=1S/C23H21ClN4O4/c1-3-10-28-13(2)19(20(25-23(28)29)14-4-7-16(24)8-5-14)22-26-21(27-32-22)15-6-9-17-18(11-15)31-12-30-17/h4-9,11,20H,3,10,12H2,1-2H3,(H,25,29). The summed E-state index contributed by atoms with van der Waals surface area (Å²) in [7, 11) is 0. The molecule has 0 saturated carbocycles. The lowest BCUT2D eigenvalue weighted by molar-refractivity contribution is 0.174. The zero-order valence-electron chi connectivity index (χ0n) is 17.6. The van der Waals surface area contributed by atoms with Crippen LogP contribution >= 0.6 is 11.6 Å². The van der Waals surface area contributed by atoms with E-state index in [2.05, 4.69) is 15.5 Å². The molecule has 0 radical (unpaired) electrons. The van der Waals surface area contributed by atoms with E-state index >= 15 is 0 Å². The predicted molar refractivity (Wildman–Crippen MR) is 118 cm³/mol. The fourth-order valence-electron chi connectivity index (χ4n) is 3.94. The Labute approximate surface area is 189 Å². The number of hydrogen-bond acceptors (Lipinski definition) is 6. The Hall–Kier alpha value is -3.52. The molecule has 0 saturated heterocycles. The minimum atomic E-state index is -0.446. The Morgan fingerprint density at radius 3 is 2.72 bits per heavy atom. The summed E-state index contributed by atoms with van der Waals surface area (Å²) in [6, 6.07) is 12.2. The summed E-state index contributed by atoms with van der Waals surface area (Å²) in [6.45, 7) is 4.70. The normalized spacial score (nSPS) is 17.7. The predicted octanol–water partition coefficient (Wildman–Crippen LogP) is 5.03. The van der Waals surface area contributed by atoms with Crippen LogP contribution in [-0.2, 0) is 0 Å². The molecule has 164 valence electrons. The second-order valence-electron chi connectivity index (χ2n) is 7.58. The van der Waals surface area contributed by atoms with E-state index < -0.39 is 6.04 Å². The number of hydrogen-bond donors (Lipinski definition) is 1. The first-order valence-electron chi connectivity index (χ1n) is 10.3. The van der Waals surface area contributed by atoms with Gasteiger partial charge in [0.1, 0.15) is 0 Å². The first-order chi connectivity index (χ1) is 15.5. The molecular weight excluding hydrogens is 432 g/mol. The lowest BCUT2D eigenvalue weighted by atomic mass is 9.94. The maximum atomic E-state index is 12.8. The first-order valence-corrected chi connectivity index (χ1v) is 10.7. The maximum Gasteiger partial charge on any atom is 0.322 e. The molecule has 5 rings (SSSR count). The molecule has 3 heterocycles. The number of carbonyl (C=O) groups is 1. The van der Waals surface area contributed by atoms with Gasteiger partial charge in [0, 0.05) is 22.8 Å². The number of benzene rings is 2. The summed E-state index contributed by atoms with van der Waals surface area (Å²) in [5.41, 5.74) is 3.14. The third-order valence-corrected chi connectivity index (χ3v) is 5.79. The van der Waals surface area contributed by atoms with Gasteiger partial charge in [-0.1, -0.05) is 35.8 Å². The molecule has 1 atom stereocenters. The number of ether oxygens (including phenoxy) is 2. The second kappa shape index (κ2) is 8.20. The van der Waals surface area contributed by atoms with Crippen LogP contribution in [-0.4, -0.2) is 34.4 Å². The molecule has 9 heteroatoms. The average molecular weight is 453 g/mol. The quantitative estimate of drug-likeness (QED) is 0.584. The van der Waals surface area contributed by atoms with Crippen molar-refractivity contribution in [1.82, 2.24) is 20.4 Å². The molecule has 2 aliphatic heterocycles. The highest BCUT2D eigenvalue weighted by atomic mass is 35.5. The van der Waals surface area contributed by atoms with Crippen molar-refractivity contribution in [2.75, 3.05) is 13.3 Å². The van der Waals surface area contributed by atoms with Crippen molar-refractivity contribution in [1.29, 1.82) is 0 Å². The molecular formula is C23H21ClN4O4. The minimum absolute atomic E-state index is 0.163. The van der Waals surface area contributed by atoms with Gasteiger partial charge in [-0.25, -0.2) is 4.79 Å². The van der Waals surface area contributed by atoms with E-state index in [0.29, 0.717) is 34.8 Å². The lowest BCUT2D eigenvalue weighted by Crippen LogP contribution is -2.46. The van der Waals surface area contributed by atoms with Crippen molar-refractivity contribution in [2.24, 2.45) is 0 Å². The van der Waals surface area contributed by atoms with Crippen LogP contribution in [0.25, 0.3) is 17.0 Å². The number of allylic oxidation sites excluding steroid dienone is 1. The van der Waals surface area contributed by atoms with Gasteiger partial charge in [0.05, 0.1) is 11.6 Å². The maximum absolute atomic E-state index is 12.8. The van der Waals surface area contributed by atoms with E-state index in [1.807, 2.05) is 44.2 Å². The number of amides is 2. The first kappa shape index (κ1) is 20.4. The summed E-state index contributed by atoms with van der Waals surface area (Å²) in [4.78, 5) is 19.2. The number of halogens is 1. The van der Waals surface area contributed by atoms with Gasteiger partial charge in [0.15, 0.2) is 11.5 Å². The van der Waals surface area contributed by atoms with Crippen LogP contribution in [0.1, 0.15) is 37.8 Å². The van der Waals surface area contributed by atoms with Crippen LogP contribution in [0.4, 0.5) is 4.79 Å².